The number of ether oxygens (including phenoxy) is 1. The van der Waals surface area contributed by atoms with E-state index in [2.05, 4.69) is 5.32 Å². The van der Waals surface area contributed by atoms with Crippen molar-refractivity contribution in [1.82, 2.24) is 5.32 Å². The van der Waals surface area contributed by atoms with Gasteiger partial charge in [-0.3, -0.25) is 4.79 Å². The molecule has 1 N–H and O–H groups in total. The second kappa shape index (κ2) is 8.31. The first-order valence-corrected chi connectivity index (χ1v) is 8.63. The van der Waals surface area contributed by atoms with Gasteiger partial charge in [0.05, 0.1) is 5.75 Å². The standard InChI is InChI=1S/C16H18FNO2S2/c1-11-3-8-15(22-11)14(20-2)9-18-16(19)10-21-13-6-4-12(17)5-7-13/h3-8,14H,9-10H2,1-2H3,(H,18,19)/t14-/m1/s1. The summed E-state index contributed by atoms with van der Waals surface area (Å²) in [5.41, 5.74) is 0. The molecule has 1 heterocycles. The number of hydrogen-bond donors (Lipinski definition) is 1. The predicted octanol–water partition coefficient (Wildman–Crippen LogP) is 3.79. The molecule has 0 aliphatic rings. The van der Waals surface area contributed by atoms with Crippen LogP contribution in [0.1, 0.15) is 15.9 Å². The molecule has 0 unspecified atom stereocenters. The molecule has 1 atom stereocenters. The highest BCUT2D eigenvalue weighted by Gasteiger charge is 2.14. The van der Waals surface area contributed by atoms with Crippen LogP contribution in [0.25, 0.3) is 0 Å². The fourth-order valence-electron chi connectivity index (χ4n) is 1.86. The van der Waals surface area contributed by atoms with Crippen LogP contribution in [0.2, 0.25) is 0 Å². The first-order chi connectivity index (χ1) is 10.6. The Hall–Kier alpha value is -1.37. The SMILES string of the molecule is CO[C@H](CNC(=O)CSc1ccc(F)cc1)c1ccc(C)s1. The predicted molar refractivity (Wildman–Crippen MR) is 88.9 cm³/mol. The molecule has 22 heavy (non-hydrogen) atoms. The summed E-state index contributed by atoms with van der Waals surface area (Å²) >= 11 is 3.05. The molecule has 0 aliphatic carbocycles. The van der Waals surface area contributed by atoms with E-state index in [9.17, 15) is 9.18 Å². The number of nitrogens with one attached hydrogen (secondary N) is 1. The van der Waals surface area contributed by atoms with Gasteiger partial charge in [-0.2, -0.15) is 0 Å². The van der Waals surface area contributed by atoms with Gasteiger partial charge >= 0.3 is 0 Å². The molecule has 1 amide bonds. The van der Waals surface area contributed by atoms with E-state index in [1.165, 1.54) is 28.8 Å². The van der Waals surface area contributed by atoms with Gasteiger partial charge in [0.25, 0.3) is 0 Å². The van der Waals surface area contributed by atoms with E-state index in [0.717, 1.165) is 9.77 Å². The molecule has 1 aromatic carbocycles. The minimum absolute atomic E-state index is 0.0651. The zero-order chi connectivity index (χ0) is 15.9. The number of rotatable bonds is 7. The van der Waals surface area contributed by atoms with Gasteiger partial charge in [0.2, 0.25) is 5.91 Å². The minimum atomic E-state index is -0.275. The van der Waals surface area contributed by atoms with Crippen LogP contribution in [0.4, 0.5) is 4.39 Å². The van der Waals surface area contributed by atoms with E-state index in [1.54, 1.807) is 30.6 Å². The van der Waals surface area contributed by atoms with Gasteiger partial charge in [-0.1, -0.05) is 0 Å². The van der Waals surface area contributed by atoms with E-state index in [0.29, 0.717) is 12.3 Å². The lowest BCUT2D eigenvalue weighted by Gasteiger charge is -2.14. The van der Waals surface area contributed by atoms with E-state index >= 15 is 0 Å². The van der Waals surface area contributed by atoms with Crippen LogP contribution in [0.3, 0.4) is 0 Å². The highest BCUT2D eigenvalue weighted by atomic mass is 32.2. The average Bonchev–Trinajstić information content (AvgIpc) is 2.94. The number of aryl methyl sites for hydroxylation is 1. The number of amides is 1. The monoisotopic (exact) mass is 339 g/mol. The topological polar surface area (TPSA) is 38.3 Å². The van der Waals surface area contributed by atoms with Crippen LogP contribution < -0.4 is 5.32 Å². The lowest BCUT2D eigenvalue weighted by atomic mass is 10.3. The summed E-state index contributed by atoms with van der Waals surface area (Å²) < 4.78 is 18.2. The maximum absolute atomic E-state index is 12.8. The number of methoxy groups -OCH3 is 1. The fraction of sp³-hybridized carbons (Fsp3) is 0.312. The fourth-order valence-corrected chi connectivity index (χ4v) is 3.55. The Morgan fingerprint density at radius 3 is 2.64 bits per heavy atom. The summed E-state index contributed by atoms with van der Waals surface area (Å²) in [6, 6.07) is 10.2. The largest absolute Gasteiger partial charge is 0.374 e. The zero-order valence-corrected chi connectivity index (χ0v) is 14.1. The number of carbonyl (C=O) groups is 1. The average molecular weight is 339 g/mol. The van der Waals surface area contributed by atoms with Gasteiger partial charge in [0.1, 0.15) is 11.9 Å². The van der Waals surface area contributed by atoms with E-state index < -0.39 is 0 Å². The van der Waals surface area contributed by atoms with Gasteiger partial charge in [0.15, 0.2) is 0 Å². The summed E-state index contributed by atoms with van der Waals surface area (Å²) in [6.07, 6.45) is -0.126. The smallest absolute Gasteiger partial charge is 0.230 e. The number of benzene rings is 1. The minimum Gasteiger partial charge on any atom is -0.374 e. The number of halogens is 1. The number of hydrogen-bond acceptors (Lipinski definition) is 4. The molecule has 2 aromatic rings. The summed E-state index contributed by atoms with van der Waals surface area (Å²) in [6.45, 7) is 2.48. The first-order valence-electron chi connectivity index (χ1n) is 6.82. The molecule has 0 radical (unpaired) electrons. The molecule has 0 saturated heterocycles. The second-order valence-corrected chi connectivity index (χ2v) is 7.09. The third-order valence-corrected chi connectivity index (χ3v) is 5.14. The highest BCUT2D eigenvalue weighted by Crippen LogP contribution is 2.24. The number of thiophene rings is 1. The Kier molecular flexibility index (Phi) is 6.42. The molecule has 118 valence electrons. The molecular formula is C16H18FNO2S2. The molecule has 0 fully saturated rings. The Balaban J connectivity index is 1.78. The van der Waals surface area contributed by atoms with Crippen molar-refractivity contribution >= 4 is 29.0 Å². The molecule has 3 nitrogen and oxygen atoms in total. The third-order valence-electron chi connectivity index (χ3n) is 3.03. The highest BCUT2D eigenvalue weighted by molar-refractivity contribution is 8.00. The molecule has 0 spiro atoms. The van der Waals surface area contributed by atoms with Gasteiger partial charge in [-0.05, 0) is 43.3 Å². The normalized spacial score (nSPS) is 12.1. The van der Waals surface area contributed by atoms with E-state index in [-0.39, 0.29) is 17.8 Å². The Labute approximate surface area is 137 Å². The maximum atomic E-state index is 12.8. The second-order valence-electron chi connectivity index (χ2n) is 4.72. The van der Waals surface area contributed by atoms with Crippen molar-refractivity contribution in [2.24, 2.45) is 0 Å². The molecular weight excluding hydrogens is 321 g/mol. The number of thioether (sulfide) groups is 1. The summed E-state index contributed by atoms with van der Waals surface area (Å²) in [4.78, 5) is 15.1. The van der Waals surface area contributed by atoms with Gasteiger partial charge in [0, 0.05) is 28.3 Å². The summed E-state index contributed by atoms with van der Waals surface area (Å²) in [7, 11) is 1.64. The Morgan fingerprint density at radius 1 is 1.32 bits per heavy atom. The quantitative estimate of drug-likeness (QED) is 0.780. The van der Waals surface area contributed by atoms with Crippen LogP contribution in [0.5, 0.6) is 0 Å². The molecule has 0 aliphatic heterocycles. The van der Waals surface area contributed by atoms with E-state index in [4.69, 9.17) is 4.74 Å². The van der Waals surface area contributed by atoms with Crippen LogP contribution in [-0.4, -0.2) is 25.3 Å². The van der Waals surface area contributed by atoms with Crippen LogP contribution in [-0.2, 0) is 9.53 Å². The van der Waals surface area contributed by atoms with Gasteiger partial charge in [-0.15, -0.1) is 23.1 Å². The van der Waals surface area contributed by atoms with Crippen molar-refractivity contribution in [3.8, 4) is 0 Å². The third kappa shape index (κ3) is 5.12. The van der Waals surface area contributed by atoms with Crippen LogP contribution >= 0.6 is 23.1 Å². The lowest BCUT2D eigenvalue weighted by molar-refractivity contribution is -0.119. The summed E-state index contributed by atoms with van der Waals surface area (Å²) in [5.74, 6) is -0.0430. The van der Waals surface area contributed by atoms with Crippen LogP contribution in [0.15, 0.2) is 41.3 Å². The zero-order valence-electron chi connectivity index (χ0n) is 12.5. The molecule has 2 rings (SSSR count). The van der Waals surface area contributed by atoms with E-state index in [1.807, 2.05) is 19.1 Å². The molecule has 0 bridgehead atoms. The lowest BCUT2D eigenvalue weighted by Crippen LogP contribution is -2.30. The van der Waals surface area contributed by atoms with Gasteiger partial charge < -0.3 is 10.1 Å². The van der Waals surface area contributed by atoms with Crippen molar-refractivity contribution in [2.45, 2.75) is 17.9 Å². The Morgan fingerprint density at radius 2 is 2.05 bits per heavy atom. The summed E-state index contributed by atoms with van der Waals surface area (Å²) in [5, 5.41) is 2.87. The van der Waals surface area contributed by atoms with Crippen molar-refractivity contribution in [2.75, 3.05) is 19.4 Å². The van der Waals surface area contributed by atoms with Crippen molar-refractivity contribution < 1.29 is 13.9 Å². The van der Waals surface area contributed by atoms with Crippen molar-refractivity contribution in [1.29, 1.82) is 0 Å². The van der Waals surface area contributed by atoms with Crippen molar-refractivity contribution in [3.05, 3.63) is 52.0 Å². The van der Waals surface area contributed by atoms with Crippen molar-refractivity contribution in [3.63, 3.8) is 0 Å². The molecule has 1 aromatic heterocycles. The molecule has 0 saturated carbocycles. The van der Waals surface area contributed by atoms with Gasteiger partial charge in [-0.25, -0.2) is 4.39 Å². The first kappa shape index (κ1) is 17.0. The molecule has 6 heteroatoms. The van der Waals surface area contributed by atoms with Crippen LogP contribution in [0, 0.1) is 12.7 Å². The number of carbonyl (C=O) groups excluding carboxylic acids is 1. The Bertz CT molecular complexity index is 613. The maximum Gasteiger partial charge on any atom is 0.230 e.